The van der Waals surface area contributed by atoms with Gasteiger partial charge >= 0.3 is 0 Å². The van der Waals surface area contributed by atoms with Gasteiger partial charge in [-0.25, -0.2) is 9.97 Å². The second kappa shape index (κ2) is 7.83. The Labute approximate surface area is 153 Å². The molecule has 3 rings (SSSR count). The van der Waals surface area contributed by atoms with Gasteiger partial charge in [0.25, 0.3) is 0 Å². The number of aromatic nitrogens is 2. The molecule has 1 amide bonds. The highest BCUT2D eigenvalue weighted by Gasteiger charge is 2.28. The molecular formula is C19H23ClN4O. The Morgan fingerprint density at radius 3 is 2.88 bits per heavy atom. The topological polar surface area (TPSA) is 58.1 Å². The molecule has 1 atom stereocenters. The van der Waals surface area contributed by atoms with Crippen LogP contribution in [0.5, 0.6) is 0 Å². The molecule has 1 N–H and O–H groups in total. The number of amides is 1. The molecule has 6 heteroatoms. The number of rotatable bonds is 5. The number of nitrogens with one attached hydrogen (secondary N) is 1. The van der Waals surface area contributed by atoms with E-state index in [9.17, 15) is 4.79 Å². The zero-order valence-corrected chi connectivity index (χ0v) is 15.4. The van der Waals surface area contributed by atoms with Crippen molar-refractivity contribution in [2.24, 2.45) is 5.92 Å². The normalized spacial score (nSPS) is 16.2. The third kappa shape index (κ3) is 4.10. The van der Waals surface area contributed by atoms with E-state index in [-0.39, 0.29) is 11.8 Å². The molecule has 0 saturated carbocycles. The number of aryl methyl sites for hydroxylation is 1. The van der Waals surface area contributed by atoms with E-state index in [2.05, 4.69) is 15.3 Å². The van der Waals surface area contributed by atoms with Gasteiger partial charge in [0.1, 0.15) is 0 Å². The van der Waals surface area contributed by atoms with E-state index < -0.39 is 0 Å². The first-order valence-corrected chi connectivity index (χ1v) is 9.14. The van der Waals surface area contributed by atoms with Crippen LogP contribution < -0.4 is 5.32 Å². The van der Waals surface area contributed by atoms with Gasteiger partial charge in [0.05, 0.1) is 0 Å². The minimum atomic E-state index is 0.0442. The maximum absolute atomic E-state index is 12.6. The third-order valence-electron chi connectivity index (χ3n) is 4.66. The maximum Gasteiger partial charge on any atom is 0.227 e. The van der Waals surface area contributed by atoms with Crippen molar-refractivity contribution in [3.8, 4) is 0 Å². The monoisotopic (exact) mass is 358 g/mol. The first kappa shape index (κ1) is 17.7. The minimum Gasteiger partial charge on any atom is -0.343 e. The highest BCUT2D eigenvalue weighted by Crippen LogP contribution is 2.27. The minimum absolute atomic E-state index is 0.0442. The Morgan fingerprint density at radius 2 is 2.16 bits per heavy atom. The van der Waals surface area contributed by atoms with E-state index in [1.165, 1.54) is 0 Å². The molecule has 5 nitrogen and oxygen atoms in total. The van der Waals surface area contributed by atoms with Crippen molar-refractivity contribution < 1.29 is 4.79 Å². The summed E-state index contributed by atoms with van der Waals surface area (Å²) in [6.07, 6.45) is 4.22. The number of nitrogens with zero attached hydrogens (tertiary/aromatic N) is 3. The number of hydrogen-bond donors (Lipinski definition) is 1. The van der Waals surface area contributed by atoms with Crippen LogP contribution in [-0.4, -0.2) is 33.9 Å². The molecule has 0 radical (unpaired) electrons. The number of fused-ring (bicyclic) bond motifs is 1. The van der Waals surface area contributed by atoms with Crippen LogP contribution in [0.2, 0.25) is 5.02 Å². The molecule has 1 heterocycles. The van der Waals surface area contributed by atoms with Gasteiger partial charge in [-0.15, -0.1) is 0 Å². The van der Waals surface area contributed by atoms with Gasteiger partial charge < -0.3 is 10.2 Å². The van der Waals surface area contributed by atoms with Crippen molar-refractivity contribution in [2.75, 3.05) is 18.4 Å². The van der Waals surface area contributed by atoms with Crippen molar-refractivity contribution in [1.29, 1.82) is 0 Å². The van der Waals surface area contributed by atoms with Gasteiger partial charge in [-0.05, 0) is 56.9 Å². The quantitative estimate of drug-likeness (QED) is 0.882. The Bertz CT molecular complexity index is 761. The first-order valence-electron chi connectivity index (χ1n) is 8.76. The molecule has 1 aromatic heterocycles. The molecule has 0 fully saturated rings. The number of carbonyl (C=O) groups excluding carboxylic acids is 1. The summed E-state index contributed by atoms with van der Waals surface area (Å²) in [6.45, 7) is 5.57. The Morgan fingerprint density at radius 1 is 1.36 bits per heavy atom. The lowest BCUT2D eigenvalue weighted by Crippen LogP contribution is -2.38. The number of hydrogen-bond acceptors (Lipinski definition) is 4. The second-order valence-corrected chi connectivity index (χ2v) is 6.69. The van der Waals surface area contributed by atoms with Gasteiger partial charge in [-0.1, -0.05) is 17.7 Å². The highest BCUT2D eigenvalue weighted by molar-refractivity contribution is 6.30. The van der Waals surface area contributed by atoms with Crippen LogP contribution >= 0.6 is 11.6 Å². The SMILES string of the molecule is CCN(CC)C(=O)C1CCc2nc(Nc3cccc(Cl)c3)ncc2C1. The number of carbonyl (C=O) groups is 1. The van der Waals surface area contributed by atoms with Crippen LogP contribution in [0.1, 0.15) is 31.5 Å². The van der Waals surface area contributed by atoms with Gasteiger partial charge in [-0.2, -0.15) is 0 Å². The summed E-state index contributed by atoms with van der Waals surface area (Å²) in [5.74, 6) is 0.856. The molecule has 0 spiro atoms. The third-order valence-corrected chi connectivity index (χ3v) is 4.89. The predicted molar refractivity (Wildman–Crippen MR) is 100 cm³/mol. The van der Waals surface area contributed by atoms with Gasteiger partial charge in [0.15, 0.2) is 0 Å². The molecule has 1 aliphatic carbocycles. The second-order valence-electron chi connectivity index (χ2n) is 6.25. The fourth-order valence-corrected chi connectivity index (χ4v) is 3.46. The smallest absolute Gasteiger partial charge is 0.227 e. The van der Waals surface area contributed by atoms with E-state index in [0.717, 1.165) is 49.3 Å². The summed E-state index contributed by atoms with van der Waals surface area (Å²) in [7, 11) is 0. The first-order chi connectivity index (χ1) is 12.1. The lowest BCUT2D eigenvalue weighted by molar-refractivity contribution is -0.135. The van der Waals surface area contributed by atoms with Crippen LogP contribution in [0, 0.1) is 5.92 Å². The average molecular weight is 359 g/mol. The molecule has 132 valence electrons. The van der Waals surface area contributed by atoms with Gasteiger partial charge in [-0.3, -0.25) is 4.79 Å². The predicted octanol–water partition coefficient (Wildman–Crippen LogP) is 3.85. The van der Waals surface area contributed by atoms with Crippen LogP contribution in [0.4, 0.5) is 11.6 Å². The molecule has 0 bridgehead atoms. The van der Waals surface area contributed by atoms with Crippen molar-refractivity contribution >= 4 is 29.1 Å². The molecular weight excluding hydrogens is 336 g/mol. The zero-order valence-electron chi connectivity index (χ0n) is 14.6. The van der Waals surface area contributed by atoms with Crippen LogP contribution in [0.15, 0.2) is 30.5 Å². The lowest BCUT2D eigenvalue weighted by atomic mass is 9.86. The highest BCUT2D eigenvalue weighted by atomic mass is 35.5. The summed E-state index contributed by atoms with van der Waals surface area (Å²) < 4.78 is 0. The lowest BCUT2D eigenvalue weighted by Gasteiger charge is -2.28. The largest absolute Gasteiger partial charge is 0.343 e. The van der Waals surface area contributed by atoms with E-state index in [1.807, 2.05) is 49.2 Å². The van der Waals surface area contributed by atoms with E-state index in [0.29, 0.717) is 11.0 Å². The Kier molecular flexibility index (Phi) is 5.53. The fraction of sp³-hybridized carbons (Fsp3) is 0.421. The fourth-order valence-electron chi connectivity index (χ4n) is 3.27. The van der Waals surface area contributed by atoms with E-state index in [1.54, 1.807) is 0 Å². The van der Waals surface area contributed by atoms with E-state index >= 15 is 0 Å². The Balaban J connectivity index is 1.72. The number of benzene rings is 1. The molecule has 0 aliphatic heterocycles. The molecule has 25 heavy (non-hydrogen) atoms. The molecule has 1 aromatic carbocycles. The van der Waals surface area contributed by atoms with Crippen LogP contribution in [-0.2, 0) is 17.6 Å². The summed E-state index contributed by atoms with van der Waals surface area (Å²) in [4.78, 5) is 23.5. The van der Waals surface area contributed by atoms with Gasteiger partial charge in [0.2, 0.25) is 11.9 Å². The van der Waals surface area contributed by atoms with Gasteiger partial charge in [0, 0.05) is 41.6 Å². The molecule has 1 aliphatic rings. The number of anilines is 2. The van der Waals surface area contributed by atoms with Crippen molar-refractivity contribution in [3.05, 3.63) is 46.7 Å². The summed E-state index contributed by atoms with van der Waals surface area (Å²) in [6, 6.07) is 7.47. The average Bonchev–Trinajstić information content (AvgIpc) is 2.62. The number of halogens is 1. The summed E-state index contributed by atoms with van der Waals surface area (Å²) >= 11 is 6.00. The molecule has 0 saturated heterocycles. The Hall–Kier alpha value is -2.14. The van der Waals surface area contributed by atoms with E-state index in [4.69, 9.17) is 11.6 Å². The van der Waals surface area contributed by atoms with Crippen LogP contribution in [0.3, 0.4) is 0 Å². The molecule has 1 unspecified atom stereocenters. The van der Waals surface area contributed by atoms with Crippen molar-refractivity contribution in [1.82, 2.24) is 14.9 Å². The summed E-state index contributed by atoms with van der Waals surface area (Å²) in [5.41, 5.74) is 2.97. The van der Waals surface area contributed by atoms with Crippen molar-refractivity contribution in [2.45, 2.75) is 33.1 Å². The standard InChI is InChI=1S/C19H23ClN4O/c1-3-24(4-2)18(25)13-8-9-17-14(10-13)12-21-19(23-17)22-16-7-5-6-15(20)11-16/h5-7,11-13H,3-4,8-10H2,1-2H3,(H,21,22,23). The van der Waals surface area contributed by atoms with Crippen LogP contribution in [0.25, 0.3) is 0 Å². The molecule has 2 aromatic rings. The van der Waals surface area contributed by atoms with Crippen molar-refractivity contribution in [3.63, 3.8) is 0 Å². The summed E-state index contributed by atoms with van der Waals surface area (Å²) in [5, 5.41) is 3.85. The zero-order chi connectivity index (χ0) is 17.8. The maximum atomic E-state index is 12.6.